The van der Waals surface area contributed by atoms with Crippen LogP contribution in [-0.2, 0) is 7.05 Å². The first-order valence-corrected chi connectivity index (χ1v) is 10.7. The van der Waals surface area contributed by atoms with E-state index in [0.717, 1.165) is 42.4 Å². The van der Waals surface area contributed by atoms with Crippen LogP contribution in [0, 0.1) is 5.82 Å². The molecule has 1 fully saturated rings. The number of benzene rings is 2. The highest BCUT2D eigenvalue weighted by atomic mass is 19.1. The Hall–Kier alpha value is -3.59. The Morgan fingerprint density at radius 1 is 1.03 bits per heavy atom. The number of fused-ring (bicyclic) bond motifs is 1. The molecule has 0 aliphatic carbocycles. The molecular formula is C23H25FN8. The lowest BCUT2D eigenvalue weighted by Crippen LogP contribution is -2.40. The van der Waals surface area contributed by atoms with Crippen molar-refractivity contribution >= 4 is 22.5 Å². The number of hydrogen-bond donors (Lipinski definition) is 2. The summed E-state index contributed by atoms with van der Waals surface area (Å²) in [5.41, 5.74) is 10.1. The van der Waals surface area contributed by atoms with Crippen molar-refractivity contribution in [2.24, 2.45) is 12.8 Å². The summed E-state index contributed by atoms with van der Waals surface area (Å²) >= 11 is 0. The third-order valence-corrected chi connectivity index (χ3v) is 5.90. The Balaban J connectivity index is 1.63. The second kappa shape index (κ2) is 8.16. The van der Waals surface area contributed by atoms with Gasteiger partial charge in [-0.25, -0.2) is 9.37 Å². The summed E-state index contributed by atoms with van der Waals surface area (Å²) in [7, 11) is 3.58. The van der Waals surface area contributed by atoms with Crippen molar-refractivity contribution in [1.29, 1.82) is 0 Å². The molecule has 0 atom stereocenters. The van der Waals surface area contributed by atoms with Gasteiger partial charge in [0.05, 0.1) is 11.2 Å². The van der Waals surface area contributed by atoms with Crippen LogP contribution < -0.4 is 16.0 Å². The molecule has 0 unspecified atom stereocenters. The van der Waals surface area contributed by atoms with Crippen LogP contribution in [0.2, 0.25) is 0 Å². The molecule has 9 heteroatoms. The quantitative estimate of drug-likeness (QED) is 0.511. The van der Waals surface area contributed by atoms with Gasteiger partial charge in [-0.05, 0) is 37.1 Å². The van der Waals surface area contributed by atoms with Crippen molar-refractivity contribution in [3.8, 4) is 22.5 Å². The fraction of sp³-hybridized carbons (Fsp3) is 0.304. The summed E-state index contributed by atoms with van der Waals surface area (Å²) in [5, 5.41) is 17.3. The highest BCUT2D eigenvalue weighted by molar-refractivity contribution is 5.87. The Bertz CT molecular complexity index is 1280. The second-order valence-corrected chi connectivity index (χ2v) is 8.15. The molecule has 0 bridgehead atoms. The van der Waals surface area contributed by atoms with Crippen LogP contribution in [0.25, 0.3) is 33.4 Å². The molecule has 164 valence electrons. The molecular weight excluding hydrogens is 407 g/mol. The van der Waals surface area contributed by atoms with E-state index in [2.05, 4.69) is 25.5 Å². The maximum atomic E-state index is 14.6. The van der Waals surface area contributed by atoms with E-state index in [0.29, 0.717) is 28.6 Å². The molecule has 0 saturated carbocycles. The van der Waals surface area contributed by atoms with Crippen LogP contribution in [0.4, 0.5) is 16.0 Å². The minimum absolute atomic E-state index is 0.201. The molecule has 5 rings (SSSR count). The number of nitrogens with two attached hydrogens (primary N) is 1. The lowest BCUT2D eigenvalue weighted by Gasteiger charge is -2.30. The van der Waals surface area contributed by atoms with E-state index in [9.17, 15) is 4.39 Å². The predicted molar refractivity (Wildman–Crippen MR) is 124 cm³/mol. The predicted octanol–water partition coefficient (Wildman–Crippen LogP) is 3.20. The summed E-state index contributed by atoms with van der Waals surface area (Å²) < 4.78 is 16.4. The maximum absolute atomic E-state index is 14.6. The van der Waals surface area contributed by atoms with E-state index < -0.39 is 0 Å². The number of nitrogens with one attached hydrogen (secondary N) is 1. The molecule has 2 aromatic carbocycles. The van der Waals surface area contributed by atoms with E-state index in [1.54, 1.807) is 17.8 Å². The van der Waals surface area contributed by atoms with Gasteiger partial charge in [-0.15, -0.1) is 10.2 Å². The summed E-state index contributed by atoms with van der Waals surface area (Å²) in [6.07, 6.45) is 3.71. The normalized spacial score (nSPS) is 14.8. The van der Waals surface area contributed by atoms with Gasteiger partial charge >= 0.3 is 0 Å². The van der Waals surface area contributed by atoms with E-state index in [1.807, 2.05) is 37.5 Å². The standard InChI is InChI=1S/C23H25FN8/c1-26-20-6-4-15(12-18(20)24)21-22(14-3-5-19-16(11-14)13-31(2)30-19)28-29-23(27-21)32-9-7-17(25)8-10-32/h3-6,11-13,17,26H,7-10,25H2,1-2H3. The van der Waals surface area contributed by atoms with Crippen LogP contribution in [0.5, 0.6) is 0 Å². The molecule has 3 N–H and O–H groups in total. The molecule has 1 aliphatic rings. The minimum Gasteiger partial charge on any atom is -0.386 e. The van der Waals surface area contributed by atoms with Gasteiger partial charge in [0.15, 0.2) is 0 Å². The highest BCUT2D eigenvalue weighted by Gasteiger charge is 2.22. The first-order chi connectivity index (χ1) is 15.5. The molecule has 1 saturated heterocycles. The van der Waals surface area contributed by atoms with Crippen LogP contribution >= 0.6 is 0 Å². The molecule has 0 amide bonds. The highest BCUT2D eigenvalue weighted by Crippen LogP contribution is 2.33. The molecule has 0 spiro atoms. The Morgan fingerprint density at radius 3 is 2.53 bits per heavy atom. The largest absolute Gasteiger partial charge is 0.386 e. The minimum atomic E-state index is -0.345. The Labute approximate surface area is 185 Å². The molecule has 4 aromatic rings. The number of piperidine rings is 1. The lowest BCUT2D eigenvalue weighted by atomic mass is 10.0. The number of anilines is 2. The van der Waals surface area contributed by atoms with Gasteiger partial charge in [-0.3, -0.25) is 4.68 Å². The van der Waals surface area contributed by atoms with Crippen molar-refractivity contribution in [2.75, 3.05) is 30.4 Å². The van der Waals surface area contributed by atoms with Gasteiger partial charge in [0.2, 0.25) is 5.95 Å². The lowest BCUT2D eigenvalue weighted by molar-refractivity contribution is 0.494. The maximum Gasteiger partial charge on any atom is 0.245 e. The topological polar surface area (TPSA) is 97.8 Å². The van der Waals surface area contributed by atoms with Crippen molar-refractivity contribution in [2.45, 2.75) is 18.9 Å². The Kier molecular flexibility index (Phi) is 5.18. The first kappa shape index (κ1) is 20.3. The van der Waals surface area contributed by atoms with Crippen molar-refractivity contribution in [3.63, 3.8) is 0 Å². The molecule has 2 aromatic heterocycles. The fourth-order valence-electron chi connectivity index (χ4n) is 4.11. The SMILES string of the molecule is CNc1ccc(-c2nc(N3CCC(N)CC3)nnc2-c2ccc3nn(C)cc3c2)cc1F. The van der Waals surface area contributed by atoms with E-state index >= 15 is 0 Å². The second-order valence-electron chi connectivity index (χ2n) is 8.15. The number of nitrogens with zero attached hydrogens (tertiary/aromatic N) is 6. The zero-order valence-corrected chi connectivity index (χ0v) is 18.1. The first-order valence-electron chi connectivity index (χ1n) is 10.7. The van der Waals surface area contributed by atoms with Crippen molar-refractivity contribution < 1.29 is 4.39 Å². The van der Waals surface area contributed by atoms with Gasteiger partial charge in [-0.1, -0.05) is 12.1 Å². The van der Waals surface area contributed by atoms with Crippen LogP contribution in [-0.4, -0.2) is 51.1 Å². The van der Waals surface area contributed by atoms with Gasteiger partial charge in [0.1, 0.15) is 17.2 Å². The smallest absolute Gasteiger partial charge is 0.245 e. The van der Waals surface area contributed by atoms with Crippen LogP contribution in [0.3, 0.4) is 0 Å². The number of aryl methyl sites for hydroxylation is 1. The number of halogens is 1. The summed E-state index contributed by atoms with van der Waals surface area (Å²) in [6, 6.07) is 11.1. The third kappa shape index (κ3) is 3.75. The van der Waals surface area contributed by atoms with Gasteiger partial charge in [0, 0.05) is 55.9 Å². The number of aromatic nitrogens is 5. The molecule has 3 heterocycles. The van der Waals surface area contributed by atoms with E-state index in [-0.39, 0.29) is 11.9 Å². The molecule has 1 aliphatic heterocycles. The van der Waals surface area contributed by atoms with E-state index in [4.69, 9.17) is 10.7 Å². The van der Waals surface area contributed by atoms with Crippen molar-refractivity contribution in [1.82, 2.24) is 25.0 Å². The fourth-order valence-corrected chi connectivity index (χ4v) is 4.11. The molecule has 32 heavy (non-hydrogen) atoms. The number of hydrogen-bond acceptors (Lipinski definition) is 7. The number of rotatable bonds is 4. The zero-order chi connectivity index (χ0) is 22.2. The summed E-state index contributed by atoms with van der Waals surface area (Å²) in [4.78, 5) is 6.94. The summed E-state index contributed by atoms with van der Waals surface area (Å²) in [5.74, 6) is 0.193. The average Bonchev–Trinajstić information content (AvgIpc) is 3.18. The van der Waals surface area contributed by atoms with Gasteiger partial charge in [-0.2, -0.15) is 5.10 Å². The average molecular weight is 433 g/mol. The Morgan fingerprint density at radius 2 is 1.78 bits per heavy atom. The molecule has 0 radical (unpaired) electrons. The van der Waals surface area contributed by atoms with Crippen molar-refractivity contribution in [3.05, 3.63) is 48.4 Å². The summed E-state index contributed by atoms with van der Waals surface area (Å²) in [6.45, 7) is 1.55. The van der Waals surface area contributed by atoms with Crippen LogP contribution in [0.1, 0.15) is 12.8 Å². The third-order valence-electron chi connectivity index (χ3n) is 5.90. The monoisotopic (exact) mass is 432 g/mol. The van der Waals surface area contributed by atoms with E-state index in [1.165, 1.54) is 6.07 Å². The van der Waals surface area contributed by atoms with Crippen LogP contribution in [0.15, 0.2) is 42.6 Å². The molecule has 8 nitrogen and oxygen atoms in total. The van der Waals surface area contributed by atoms with Gasteiger partial charge in [0.25, 0.3) is 0 Å². The zero-order valence-electron chi connectivity index (χ0n) is 18.1. The van der Waals surface area contributed by atoms with Gasteiger partial charge < -0.3 is 16.0 Å².